The molecule has 0 saturated carbocycles. The van der Waals surface area contributed by atoms with Gasteiger partial charge in [0.05, 0.1) is 23.0 Å². The second kappa shape index (κ2) is 14.7. The monoisotopic (exact) mass is 876 g/mol. The van der Waals surface area contributed by atoms with Crippen molar-refractivity contribution < 1.29 is 9.47 Å². The Balaban J connectivity index is 0.948. The molecule has 6 nitrogen and oxygen atoms in total. The molecule has 0 N–H and O–H groups in total. The second-order valence-corrected chi connectivity index (χ2v) is 20.6. The molecule has 1 atom stereocenters. The zero-order valence-corrected chi connectivity index (χ0v) is 39.7. The highest BCUT2D eigenvalue weighted by molar-refractivity contribution is 6.12. The van der Waals surface area contributed by atoms with Gasteiger partial charge in [-0.05, 0) is 136 Å². The number of hydrogen-bond acceptors (Lipinski definition) is 6. The fraction of sp³-hybridized carbons (Fsp3) is 0.246. The summed E-state index contributed by atoms with van der Waals surface area (Å²) < 4.78 is 14.3. The smallest absolute Gasteiger partial charge is 0.228 e. The molecule has 0 radical (unpaired) electrons. The van der Waals surface area contributed by atoms with E-state index in [-0.39, 0.29) is 16.2 Å². The molecule has 332 valence electrons. The van der Waals surface area contributed by atoms with Gasteiger partial charge in [-0.15, -0.1) is 0 Å². The van der Waals surface area contributed by atoms with E-state index in [1.807, 2.05) is 6.21 Å². The molecule has 1 spiro atoms. The van der Waals surface area contributed by atoms with Crippen LogP contribution in [-0.4, -0.2) is 31.7 Å². The molecule has 0 bridgehead atoms. The van der Waals surface area contributed by atoms with Crippen molar-refractivity contribution in [3.8, 4) is 11.5 Å². The molecule has 0 saturated heterocycles. The van der Waals surface area contributed by atoms with Crippen molar-refractivity contribution in [2.75, 3.05) is 23.9 Å². The summed E-state index contributed by atoms with van der Waals surface area (Å²) >= 11 is 0. The van der Waals surface area contributed by atoms with Gasteiger partial charge in [0.25, 0.3) is 0 Å². The maximum absolute atomic E-state index is 7.24. The Labute approximate surface area is 394 Å². The predicted molar refractivity (Wildman–Crippen MR) is 280 cm³/mol. The van der Waals surface area contributed by atoms with E-state index in [1.54, 1.807) is 0 Å². The first-order valence-corrected chi connectivity index (χ1v) is 23.8. The van der Waals surface area contributed by atoms with Crippen LogP contribution in [-0.2, 0) is 16.2 Å². The maximum atomic E-state index is 7.24. The summed E-state index contributed by atoms with van der Waals surface area (Å²) in [5, 5.41) is 7.15. The van der Waals surface area contributed by atoms with Crippen LogP contribution < -0.4 is 19.3 Å². The van der Waals surface area contributed by atoms with E-state index in [0.717, 1.165) is 75.6 Å². The van der Waals surface area contributed by atoms with Gasteiger partial charge in [-0.25, -0.2) is 0 Å². The number of anilines is 2. The van der Waals surface area contributed by atoms with E-state index >= 15 is 0 Å². The van der Waals surface area contributed by atoms with Gasteiger partial charge < -0.3 is 19.3 Å². The van der Waals surface area contributed by atoms with Crippen molar-refractivity contribution in [3.05, 3.63) is 191 Å². The molecule has 1 aliphatic carbocycles. The van der Waals surface area contributed by atoms with Crippen LogP contribution in [0.1, 0.15) is 77.5 Å². The molecule has 7 aromatic rings. The number of benzene rings is 7. The van der Waals surface area contributed by atoms with Gasteiger partial charge in [0.1, 0.15) is 22.9 Å². The largest absolute Gasteiger partial charge is 0.459 e. The van der Waals surface area contributed by atoms with Crippen LogP contribution in [0.15, 0.2) is 184 Å². The summed E-state index contributed by atoms with van der Waals surface area (Å²) in [4.78, 5) is 15.1. The normalized spacial score (nSPS) is 22.0. The zero-order valence-electron chi connectivity index (χ0n) is 39.7. The summed E-state index contributed by atoms with van der Waals surface area (Å²) in [5.74, 6) is 2.42. The third-order valence-corrected chi connectivity index (χ3v) is 15.8. The lowest BCUT2D eigenvalue weighted by Gasteiger charge is -2.45. The quantitative estimate of drug-likeness (QED) is 0.173. The minimum Gasteiger partial charge on any atom is -0.459 e. The lowest BCUT2D eigenvalue weighted by molar-refractivity contribution is 0.0826. The second-order valence-electron chi connectivity index (χ2n) is 20.6. The Hall–Kier alpha value is -7.18. The minimum atomic E-state index is -0.767. The summed E-state index contributed by atoms with van der Waals surface area (Å²) in [6.07, 6.45) is 14.0. The molecule has 7 aromatic carbocycles. The van der Waals surface area contributed by atoms with Crippen molar-refractivity contribution in [1.82, 2.24) is 0 Å². The van der Waals surface area contributed by atoms with Crippen LogP contribution in [0.5, 0.6) is 11.5 Å². The first-order valence-electron chi connectivity index (χ1n) is 23.8. The number of nitrogens with zero attached hydrogens (tertiary/aromatic N) is 4. The van der Waals surface area contributed by atoms with Crippen LogP contribution in [0.25, 0.3) is 32.3 Å². The number of aliphatic imine (C=N–C) groups is 2. The average Bonchev–Trinajstić information content (AvgIpc) is 3.78. The molecule has 1 unspecified atom stereocenters. The number of ether oxygens (including phenoxy) is 2. The molecule has 0 fully saturated rings. The first kappa shape index (κ1) is 41.3. The topological polar surface area (TPSA) is 49.7 Å². The van der Waals surface area contributed by atoms with Crippen molar-refractivity contribution in [2.24, 2.45) is 9.98 Å². The molecule has 12 rings (SSSR count). The van der Waals surface area contributed by atoms with Gasteiger partial charge in [-0.2, -0.15) is 0 Å². The van der Waals surface area contributed by atoms with Crippen molar-refractivity contribution in [1.29, 1.82) is 0 Å². The fourth-order valence-corrected chi connectivity index (χ4v) is 12.1. The number of likely N-dealkylation sites (N-methyl/N-ethyl adjacent to an activating group) is 2. The number of fused-ring (bicyclic) bond motifs is 10. The molecule has 0 aromatic heterocycles. The SMILES string of the molecule is CN1/C(=C/C=C2\CCCC(/C=C/C3=Nc4ccc5ccccc5c4C3(C)C)=C2Oc2ccc3ccc4c(c3c2)N=CC2(O4)N(C)c3ccccc3C2(C)C)C(C)(C)c2c1ccc1ccccc21. The third-order valence-electron chi connectivity index (χ3n) is 15.8. The Bertz CT molecular complexity index is 3470. The van der Waals surface area contributed by atoms with Gasteiger partial charge in [0.15, 0.2) is 0 Å². The average molecular weight is 877 g/mol. The lowest BCUT2D eigenvalue weighted by atomic mass is 9.77. The Morgan fingerprint density at radius 1 is 0.642 bits per heavy atom. The number of allylic oxidation sites excluding steroid dienone is 7. The van der Waals surface area contributed by atoms with Crippen molar-refractivity contribution in [2.45, 2.75) is 82.8 Å². The molecule has 67 heavy (non-hydrogen) atoms. The van der Waals surface area contributed by atoms with Crippen molar-refractivity contribution in [3.63, 3.8) is 0 Å². The highest BCUT2D eigenvalue weighted by atomic mass is 16.5. The molecule has 5 aliphatic rings. The molecular formula is C61H56N4O2. The predicted octanol–water partition coefficient (Wildman–Crippen LogP) is 15.0. The van der Waals surface area contributed by atoms with E-state index < -0.39 is 5.72 Å². The summed E-state index contributed by atoms with van der Waals surface area (Å²) in [6, 6.07) is 45.5. The van der Waals surface area contributed by atoms with Crippen LogP contribution in [0, 0.1) is 0 Å². The highest BCUT2D eigenvalue weighted by Crippen LogP contribution is 2.55. The Morgan fingerprint density at radius 2 is 1.33 bits per heavy atom. The third kappa shape index (κ3) is 6.01. The minimum absolute atomic E-state index is 0.209. The van der Waals surface area contributed by atoms with Gasteiger partial charge in [0.2, 0.25) is 5.72 Å². The number of rotatable bonds is 5. The van der Waals surface area contributed by atoms with Gasteiger partial charge >= 0.3 is 0 Å². The molecule has 4 heterocycles. The van der Waals surface area contributed by atoms with E-state index in [9.17, 15) is 0 Å². The van der Waals surface area contributed by atoms with E-state index in [4.69, 9.17) is 19.5 Å². The molecule has 0 amide bonds. The molecular weight excluding hydrogens is 821 g/mol. The summed E-state index contributed by atoms with van der Waals surface area (Å²) in [7, 11) is 4.31. The number of para-hydroxylation sites is 1. The zero-order chi connectivity index (χ0) is 46.0. The van der Waals surface area contributed by atoms with Crippen LogP contribution in [0.3, 0.4) is 0 Å². The highest BCUT2D eigenvalue weighted by Gasteiger charge is 2.58. The van der Waals surface area contributed by atoms with Crippen LogP contribution in [0.2, 0.25) is 0 Å². The van der Waals surface area contributed by atoms with E-state index in [1.165, 1.54) is 55.2 Å². The van der Waals surface area contributed by atoms with Gasteiger partial charge in [-0.1, -0.05) is 131 Å². The summed E-state index contributed by atoms with van der Waals surface area (Å²) in [5.41, 5.74) is 11.2. The Morgan fingerprint density at radius 3 is 2.12 bits per heavy atom. The lowest BCUT2D eigenvalue weighted by Crippen LogP contribution is -2.61. The standard InChI is InChI=1S/C61H56N4O2/c1-58(2)52(63-48-31-25-38-16-9-11-20-44(38)54(48)58)34-28-41-18-15-19-42(29-35-53-59(3,4)55-45-21-12-10-17-39(45)26-32-50(55)64(53)7)57(41)66-43-30-24-40-27-33-51-56(46(40)36-43)62-37-61(67-51)60(5,6)47-22-13-14-23-49(47)65(61)8/h9-14,16-17,20-37H,15,18-19H2,1-8H3/b34-28+,42-29+,53-35+. The fourth-order valence-electron chi connectivity index (χ4n) is 12.1. The first-order chi connectivity index (χ1) is 32.3. The number of hydrogen-bond donors (Lipinski definition) is 0. The summed E-state index contributed by atoms with van der Waals surface area (Å²) in [6.45, 7) is 13.8. The van der Waals surface area contributed by atoms with Crippen molar-refractivity contribution >= 4 is 67.0 Å². The Kier molecular flexibility index (Phi) is 9.03. The van der Waals surface area contributed by atoms with Gasteiger partial charge in [0, 0.05) is 47.4 Å². The van der Waals surface area contributed by atoms with E-state index in [2.05, 4.69) is 217 Å². The molecule has 4 aliphatic heterocycles. The van der Waals surface area contributed by atoms with Crippen LogP contribution in [0.4, 0.5) is 22.7 Å². The molecule has 6 heteroatoms. The van der Waals surface area contributed by atoms with E-state index in [0.29, 0.717) is 0 Å². The van der Waals surface area contributed by atoms with Gasteiger partial charge in [-0.3, -0.25) is 9.98 Å². The maximum Gasteiger partial charge on any atom is 0.228 e. The van der Waals surface area contributed by atoms with Crippen LogP contribution >= 0.6 is 0 Å².